The molecular formula is C4H8ClN3O2S. The molecule has 0 radical (unpaired) electrons. The minimum atomic E-state index is -0.743. The highest BCUT2D eigenvalue weighted by molar-refractivity contribution is 8.13. The Morgan fingerprint density at radius 1 is 1.91 bits per heavy atom. The number of amidine groups is 1. The SMILES string of the molecule is CSC(=N[N+](=O)[O-])NCCCl. The van der Waals surface area contributed by atoms with Crippen molar-refractivity contribution in [2.24, 2.45) is 5.10 Å². The highest BCUT2D eigenvalue weighted by Gasteiger charge is 2.00. The lowest BCUT2D eigenvalue weighted by Gasteiger charge is -1.99. The number of hydrazone groups is 1. The van der Waals surface area contributed by atoms with Gasteiger partial charge in [0.25, 0.3) is 0 Å². The predicted octanol–water partition coefficient (Wildman–Crippen LogP) is 0.725. The number of nitro groups is 1. The number of nitrogens with zero attached hydrogens (tertiary/aromatic N) is 2. The Morgan fingerprint density at radius 2 is 2.55 bits per heavy atom. The molecule has 0 heterocycles. The van der Waals surface area contributed by atoms with E-state index in [1.165, 1.54) is 11.8 Å². The van der Waals surface area contributed by atoms with Gasteiger partial charge in [0.05, 0.1) is 5.10 Å². The van der Waals surface area contributed by atoms with Gasteiger partial charge in [-0.25, -0.2) is 10.1 Å². The Bertz CT molecular complexity index is 163. The molecule has 0 aromatic carbocycles. The second kappa shape index (κ2) is 6.23. The summed E-state index contributed by atoms with van der Waals surface area (Å²) in [5.74, 6) is 0.400. The molecular weight excluding hydrogens is 190 g/mol. The first-order valence-corrected chi connectivity index (χ1v) is 4.53. The summed E-state index contributed by atoms with van der Waals surface area (Å²) in [6.45, 7) is 0.481. The molecule has 0 aromatic rings. The fourth-order valence-electron chi connectivity index (χ4n) is 0.377. The number of nitrogens with one attached hydrogen (secondary N) is 1. The largest absolute Gasteiger partial charge is 0.358 e. The molecule has 0 saturated carbocycles. The lowest BCUT2D eigenvalue weighted by atomic mass is 10.8. The highest BCUT2D eigenvalue weighted by atomic mass is 35.5. The fraction of sp³-hybridized carbons (Fsp3) is 0.750. The minimum absolute atomic E-state index is 0.274. The van der Waals surface area contributed by atoms with Crippen LogP contribution < -0.4 is 5.32 Å². The van der Waals surface area contributed by atoms with Crippen LogP contribution >= 0.6 is 23.4 Å². The topological polar surface area (TPSA) is 67.5 Å². The van der Waals surface area contributed by atoms with E-state index >= 15 is 0 Å². The Kier molecular flexibility index (Phi) is 5.96. The predicted molar refractivity (Wildman–Crippen MR) is 46.7 cm³/mol. The van der Waals surface area contributed by atoms with Gasteiger partial charge in [0.1, 0.15) is 0 Å². The average molecular weight is 198 g/mol. The molecule has 0 aromatic heterocycles. The van der Waals surface area contributed by atoms with Crippen molar-refractivity contribution >= 4 is 28.5 Å². The van der Waals surface area contributed by atoms with Gasteiger partial charge in [-0.05, 0) is 6.26 Å². The van der Waals surface area contributed by atoms with Crippen LogP contribution in [-0.2, 0) is 0 Å². The van der Waals surface area contributed by atoms with Crippen molar-refractivity contribution in [1.82, 2.24) is 5.32 Å². The van der Waals surface area contributed by atoms with Gasteiger partial charge in [-0.3, -0.25) is 0 Å². The zero-order valence-corrected chi connectivity index (χ0v) is 7.48. The quantitative estimate of drug-likeness (QED) is 0.238. The maximum absolute atomic E-state index is 9.86. The van der Waals surface area contributed by atoms with Crippen molar-refractivity contribution in [3.8, 4) is 0 Å². The smallest absolute Gasteiger partial charge is 0.234 e. The van der Waals surface area contributed by atoms with Gasteiger partial charge in [-0.15, -0.1) is 11.6 Å². The first-order chi connectivity index (χ1) is 5.20. The van der Waals surface area contributed by atoms with Crippen molar-refractivity contribution in [1.29, 1.82) is 0 Å². The van der Waals surface area contributed by atoms with E-state index in [9.17, 15) is 10.1 Å². The fourth-order valence-corrected chi connectivity index (χ4v) is 0.866. The van der Waals surface area contributed by atoms with Crippen molar-refractivity contribution < 1.29 is 5.03 Å². The Balaban J connectivity index is 3.84. The van der Waals surface area contributed by atoms with E-state index < -0.39 is 5.03 Å². The van der Waals surface area contributed by atoms with E-state index in [1.807, 2.05) is 0 Å². The zero-order valence-electron chi connectivity index (χ0n) is 5.91. The average Bonchev–Trinajstić information content (AvgIpc) is 1.97. The van der Waals surface area contributed by atoms with Gasteiger partial charge in [-0.1, -0.05) is 11.8 Å². The van der Waals surface area contributed by atoms with Crippen LogP contribution in [0, 0.1) is 10.1 Å². The van der Waals surface area contributed by atoms with Crippen LogP contribution in [-0.4, -0.2) is 28.9 Å². The summed E-state index contributed by atoms with van der Waals surface area (Å²) < 4.78 is 0. The van der Waals surface area contributed by atoms with E-state index in [2.05, 4.69) is 10.4 Å². The Morgan fingerprint density at radius 3 is 2.91 bits per heavy atom. The molecule has 0 aliphatic carbocycles. The van der Waals surface area contributed by atoms with Crippen molar-refractivity contribution in [3.05, 3.63) is 10.1 Å². The number of alkyl halides is 1. The van der Waals surface area contributed by atoms with Crippen LogP contribution in [0.25, 0.3) is 0 Å². The van der Waals surface area contributed by atoms with Gasteiger partial charge in [0.2, 0.25) is 5.17 Å². The van der Waals surface area contributed by atoms with Crippen LogP contribution in [0.3, 0.4) is 0 Å². The second-order valence-corrected chi connectivity index (χ2v) is 2.64. The van der Waals surface area contributed by atoms with Crippen LogP contribution in [0.5, 0.6) is 0 Å². The number of halogens is 1. The lowest BCUT2D eigenvalue weighted by molar-refractivity contribution is -0.484. The molecule has 64 valence electrons. The summed E-state index contributed by atoms with van der Waals surface area (Å²) in [4.78, 5) is 9.86. The van der Waals surface area contributed by atoms with Crippen LogP contribution in [0.1, 0.15) is 0 Å². The second-order valence-electron chi connectivity index (χ2n) is 1.46. The standard InChI is InChI=1S/C4H8ClN3O2S/c1-11-4(6-3-2-5)7-8(9)10/h2-3H2,1H3,(H,6,7). The molecule has 0 saturated heterocycles. The normalized spacial score (nSPS) is 11.3. The first-order valence-electron chi connectivity index (χ1n) is 2.77. The molecule has 0 rings (SSSR count). The third kappa shape index (κ3) is 5.93. The van der Waals surface area contributed by atoms with Crippen molar-refractivity contribution in [2.45, 2.75) is 0 Å². The maximum atomic E-state index is 9.86. The van der Waals surface area contributed by atoms with Gasteiger partial charge in [-0.2, -0.15) is 0 Å². The van der Waals surface area contributed by atoms with Gasteiger partial charge in [0, 0.05) is 12.4 Å². The lowest BCUT2D eigenvalue weighted by Crippen LogP contribution is -2.23. The number of hydrogen-bond acceptors (Lipinski definition) is 3. The number of thioether (sulfide) groups is 1. The third-order valence-corrected chi connectivity index (χ3v) is 1.54. The number of rotatable bonds is 3. The monoisotopic (exact) mass is 197 g/mol. The summed E-state index contributed by atoms with van der Waals surface area (Å²) in [7, 11) is 0. The summed E-state index contributed by atoms with van der Waals surface area (Å²) in [5.41, 5.74) is 0. The van der Waals surface area contributed by atoms with E-state index in [4.69, 9.17) is 11.6 Å². The van der Waals surface area contributed by atoms with Crippen molar-refractivity contribution in [2.75, 3.05) is 18.7 Å². The van der Waals surface area contributed by atoms with E-state index in [1.54, 1.807) is 6.26 Å². The zero-order chi connectivity index (χ0) is 8.69. The molecule has 0 fully saturated rings. The van der Waals surface area contributed by atoms with Gasteiger partial charge < -0.3 is 5.32 Å². The maximum Gasteiger partial charge on any atom is 0.234 e. The molecule has 1 N–H and O–H groups in total. The van der Waals surface area contributed by atoms with Crippen LogP contribution in [0.2, 0.25) is 0 Å². The van der Waals surface area contributed by atoms with Crippen LogP contribution in [0.15, 0.2) is 5.10 Å². The molecule has 0 atom stereocenters. The van der Waals surface area contributed by atoms with Crippen molar-refractivity contribution in [3.63, 3.8) is 0 Å². The minimum Gasteiger partial charge on any atom is -0.358 e. The molecule has 0 amide bonds. The molecule has 0 unspecified atom stereocenters. The molecule has 0 aliphatic heterocycles. The van der Waals surface area contributed by atoms with E-state index in [-0.39, 0.29) is 5.17 Å². The molecule has 0 aliphatic rings. The highest BCUT2D eigenvalue weighted by Crippen LogP contribution is 1.94. The van der Waals surface area contributed by atoms with Crippen LogP contribution in [0.4, 0.5) is 0 Å². The first kappa shape index (κ1) is 10.5. The Hall–Kier alpha value is -0.490. The molecule has 0 spiro atoms. The molecule has 0 bridgehead atoms. The summed E-state index contributed by atoms with van der Waals surface area (Å²) >= 11 is 6.52. The molecule has 5 nitrogen and oxygen atoms in total. The molecule has 7 heteroatoms. The van der Waals surface area contributed by atoms with Gasteiger partial charge >= 0.3 is 0 Å². The van der Waals surface area contributed by atoms with E-state index in [0.29, 0.717) is 12.4 Å². The summed E-state index contributed by atoms with van der Waals surface area (Å²) in [5, 5.41) is 15.1. The summed E-state index contributed by atoms with van der Waals surface area (Å²) in [6, 6.07) is 0. The number of hydrogen-bond donors (Lipinski definition) is 1. The van der Waals surface area contributed by atoms with Gasteiger partial charge in [0.15, 0.2) is 5.03 Å². The summed E-state index contributed by atoms with van der Waals surface area (Å²) in [6.07, 6.45) is 1.70. The third-order valence-electron chi connectivity index (χ3n) is 0.737. The molecule has 11 heavy (non-hydrogen) atoms. The van der Waals surface area contributed by atoms with E-state index in [0.717, 1.165) is 0 Å². The Labute approximate surface area is 73.3 Å².